The van der Waals surface area contributed by atoms with E-state index in [0.717, 1.165) is 10.2 Å². The van der Waals surface area contributed by atoms with E-state index in [4.69, 9.17) is 14.6 Å². The maximum Gasteiger partial charge on any atom is 0.238 e. The molecule has 3 N–H and O–H groups in total. The molecular formula is C16H14N4O4S3. The Morgan fingerprint density at radius 2 is 1.52 bits per heavy atom. The molecular weight excluding hydrogens is 408 g/mol. The van der Waals surface area contributed by atoms with E-state index in [1.54, 1.807) is 20.3 Å². The van der Waals surface area contributed by atoms with E-state index in [-0.39, 0.29) is 4.90 Å². The fourth-order valence-corrected chi connectivity index (χ4v) is 4.99. The zero-order chi connectivity index (χ0) is 19.2. The second-order valence-electron chi connectivity index (χ2n) is 5.51. The third-order valence-electron chi connectivity index (χ3n) is 3.80. The predicted octanol–water partition coefficient (Wildman–Crippen LogP) is 3.31. The summed E-state index contributed by atoms with van der Waals surface area (Å²) >= 11 is 2.77. The number of hydrogen-bond acceptors (Lipinski definition) is 9. The molecule has 2 aromatic carbocycles. The molecule has 0 aliphatic carbocycles. The largest absolute Gasteiger partial charge is 0.493 e. The molecule has 4 rings (SSSR count). The monoisotopic (exact) mass is 422 g/mol. The van der Waals surface area contributed by atoms with E-state index in [9.17, 15) is 8.42 Å². The average molecular weight is 423 g/mol. The summed E-state index contributed by atoms with van der Waals surface area (Å²) in [5.41, 5.74) is 1.46. The lowest BCUT2D eigenvalue weighted by Crippen LogP contribution is -2.11. The molecule has 8 nitrogen and oxygen atoms in total. The number of ether oxygens (including phenoxy) is 2. The standard InChI is InChI=1S/C16H14N4O4S3/c1-23-11-6-10-14(7-12(11)24-2)26-16(19-10)20-15-18-9-4-3-8(27(17,21)22)5-13(9)25-15/h3-7H,1-2H3,(H2,17,21,22)(H,18,19,20). The molecule has 2 aromatic heterocycles. The lowest BCUT2D eigenvalue weighted by Gasteiger charge is -2.05. The molecule has 0 aliphatic rings. The molecule has 2 heterocycles. The minimum atomic E-state index is -3.75. The molecule has 4 aromatic rings. The first-order chi connectivity index (χ1) is 12.9. The summed E-state index contributed by atoms with van der Waals surface area (Å²) in [4.78, 5) is 9.06. The predicted molar refractivity (Wildman–Crippen MR) is 107 cm³/mol. The molecule has 0 saturated heterocycles. The van der Waals surface area contributed by atoms with Crippen molar-refractivity contribution in [1.82, 2.24) is 9.97 Å². The van der Waals surface area contributed by atoms with Crippen LogP contribution < -0.4 is 19.9 Å². The van der Waals surface area contributed by atoms with Crippen LogP contribution in [0.2, 0.25) is 0 Å². The van der Waals surface area contributed by atoms with Crippen molar-refractivity contribution >= 4 is 63.4 Å². The molecule has 0 fully saturated rings. The zero-order valence-corrected chi connectivity index (χ0v) is 16.7. The van der Waals surface area contributed by atoms with Gasteiger partial charge in [-0.3, -0.25) is 0 Å². The van der Waals surface area contributed by atoms with Crippen LogP contribution in [0, 0.1) is 0 Å². The van der Waals surface area contributed by atoms with Crippen molar-refractivity contribution in [2.45, 2.75) is 4.90 Å². The van der Waals surface area contributed by atoms with Crippen LogP contribution in [-0.2, 0) is 10.0 Å². The number of thiazole rings is 2. The second-order valence-corrected chi connectivity index (χ2v) is 9.14. The van der Waals surface area contributed by atoms with Crippen LogP contribution in [0.5, 0.6) is 11.5 Å². The number of fused-ring (bicyclic) bond motifs is 2. The summed E-state index contributed by atoms with van der Waals surface area (Å²) in [5, 5.41) is 9.61. The van der Waals surface area contributed by atoms with Gasteiger partial charge < -0.3 is 14.8 Å². The fraction of sp³-hybridized carbons (Fsp3) is 0.125. The van der Waals surface area contributed by atoms with Crippen molar-refractivity contribution in [3.8, 4) is 11.5 Å². The lowest BCUT2D eigenvalue weighted by atomic mass is 10.3. The minimum Gasteiger partial charge on any atom is -0.493 e. The van der Waals surface area contributed by atoms with Crippen LogP contribution in [0.25, 0.3) is 20.4 Å². The Morgan fingerprint density at radius 1 is 0.926 bits per heavy atom. The summed E-state index contributed by atoms with van der Waals surface area (Å²) in [6, 6.07) is 8.27. The van der Waals surface area contributed by atoms with Gasteiger partial charge in [0.1, 0.15) is 0 Å². The Hall–Kier alpha value is -2.47. The smallest absolute Gasteiger partial charge is 0.238 e. The highest BCUT2D eigenvalue weighted by Gasteiger charge is 2.14. The minimum absolute atomic E-state index is 0.0596. The molecule has 0 unspecified atom stereocenters. The van der Waals surface area contributed by atoms with Gasteiger partial charge in [-0.25, -0.2) is 23.5 Å². The molecule has 0 aliphatic heterocycles. The quantitative estimate of drug-likeness (QED) is 0.507. The Balaban J connectivity index is 1.69. The van der Waals surface area contributed by atoms with Crippen molar-refractivity contribution < 1.29 is 17.9 Å². The summed E-state index contributed by atoms with van der Waals surface area (Å²) in [7, 11) is -0.590. The molecule has 0 atom stereocenters. The van der Waals surface area contributed by atoms with Gasteiger partial charge in [-0.15, -0.1) is 0 Å². The van der Waals surface area contributed by atoms with Crippen LogP contribution in [0.15, 0.2) is 35.2 Å². The number of rotatable bonds is 5. The second kappa shape index (κ2) is 6.60. The van der Waals surface area contributed by atoms with Gasteiger partial charge in [0.15, 0.2) is 21.8 Å². The molecule has 140 valence electrons. The number of sulfonamides is 1. The number of anilines is 2. The number of nitrogens with one attached hydrogen (secondary N) is 1. The van der Waals surface area contributed by atoms with Gasteiger partial charge in [-0.1, -0.05) is 22.7 Å². The van der Waals surface area contributed by atoms with Gasteiger partial charge in [0.05, 0.1) is 39.5 Å². The number of aromatic nitrogens is 2. The van der Waals surface area contributed by atoms with Crippen molar-refractivity contribution in [2.24, 2.45) is 5.14 Å². The Labute approximate surface area is 162 Å². The first-order valence-corrected chi connectivity index (χ1v) is 10.8. The van der Waals surface area contributed by atoms with E-state index in [2.05, 4.69) is 15.3 Å². The van der Waals surface area contributed by atoms with Crippen molar-refractivity contribution in [3.63, 3.8) is 0 Å². The summed E-state index contributed by atoms with van der Waals surface area (Å²) in [5.74, 6) is 1.24. The van der Waals surface area contributed by atoms with Gasteiger partial charge in [0, 0.05) is 12.1 Å². The maximum atomic E-state index is 11.5. The molecule has 11 heteroatoms. The Bertz CT molecular complexity index is 1220. The highest BCUT2D eigenvalue weighted by molar-refractivity contribution is 7.89. The van der Waals surface area contributed by atoms with Crippen molar-refractivity contribution in [3.05, 3.63) is 30.3 Å². The van der Waals surface area contributed by atoms with Crippen LogP contribution in [-0.4, -0.2) is 32.6 Å². The average Bonchev–Trinajstić information content (AvgIpc) is 3.20. The van der Waals surface area contributed by atoms with E-state index in [0.29, 0.717) is 32.0 Å². The van der Waals surface area contributed by atoms with E-state index in [1.165, 1.54) is 34.8 Å². The fourth-order valence-electron chi connectivity index (χ4n) is 2.54. The van der Waals surface area contributed by atoms with Gasteiger partial charge in [0.2, 0.25) is 10.0 Å². The molecule has 0 spiro atoms. The van der Waals surface area contributed by atoms with E-state index in [1.807, 2.05) is 12.1 Å². The van der Waals surface area contributed by atoms with E-state index < -0.39 is 10.0 Å². The summed E-state index contributed by atoms with van der Waals surface area (Å²) < 4.78 is 35.3. The number of nitrogens with two attached hydrogens (primary N) is 1. The van der Waals surface area contributed by atoms with Gasteiger partial charge >= 0.3 is 0 Å². The van der Waals surface area contributed by atoms with Gasteiger partial charge in [-0.2, -0.15) is 0 Å². The summed E-state index contributed by atoms with van der Waals surface area (Å²) in [6.07, 6.45) is 0. The van der Waals surface area contributed by atoms with Gasteiger partial charge in [-0.05, 0) is 18.2 Å². The van der Waals surface area contributed by atoms with Crippen molar-refractivity contribution in [2.75, 3.05) is 19.5 Å². The maximum absolute atomic E-state index is 11.5. The van der Waals surface area contributed by atoms with Crippen molar-refractivity contribution in [1.29, 1.82) is 0 Å². The number of primary sulfonamides is 1. The topological polar surface area (TPSA) is 116 Å². The lowest BCUT2D eigenvalue weighted by molar-refractivity contribution is 0.356. The molecule has 0 saturated carbocycles. The first kappa shape index (κ1) is 17.9. The molecule has 0 amide bonds. The Kier molecular flexibility index (Phi) is 4.38. The highest BCUT2D eigenvalue weighted by Crippen LogP contribution is 2.38. The molecule has 27 heavy (non-hydrogen) atoms. The normalized spacial score (nSPS) is 11.8. The number of nitrogens with zero attached hydrogens (tertiary/aromatic N) is 2. The number of hydrogen-bond donors (Lipinski definition) is 2. The summed E-state index contributed by atoms with van der Waals surface area (Å²) in [6.45, 7) is 0. The highest BCUT2D eigenvalue weighted by atomic mass is 32.2. The SMILES string of the molecule is COc1cc2nc(Nc3nc4ccc(S(N)(=O)=O)cc4s3)sc2cc1OC. The van der Waals surface area contributed by atoms with Gasteiger partial charge in [0.25, 0.3) is 0 Å². The van der Waals surface area contributed by atoms with Crippen LogP contribution in [0.1, 0.15) is 0 Å². The molecule has 0 radical (unpaired) electrons. The van der Waals surface area contributed by atoms with Crippen LogP contribution >= 0.6 is 22.7 Å². The van der Waals surface area contributed by atoms with E-state index >= 15 is 0 Å². The zero-order valence-electron chi connectivity index (χ0n) is 14.2. The number of benzene rings is 2. The first-order valence-electron chi connectivity index (χ1n) is 7.60. The van der Waals surface area contributed by atoms with Crippen LogP contribution in [0.3, 0.4) is 0 Å². The number of methoxy groups -OCH3 is 2. The third-order valence-corrected chi connectivity index (χ3v) is 6.57. The Morgan fingerprint density at radius 3 is 2.15 bits per heavy atom. The molecule has 0 bridgehead atoms. The third kappa shape index (κ3) is 3.41. The van der Waals surface area contributed by atoms with Crippen LogP contribution in [0.4, 0.5) is 10.3 Å².